The number of nitrogens with zero attached hydrogens (tertiary/aromatic N) is 1. The summed E-state index contributed by atoms with van der Waals surface area (Å²) >= 11 is 0. The smallest absolute Gasteiger partial charge is 0.119 e. The van der Waals surface area contributed by atoms with E-state index in [1.807, 2.05) is 0 Å². The lowest BCUT2D eigenvalue weighted by Gasteiger charge is -2.57. The predicted molar refractivity (Wildman–Crippen MR) is 120 cm³/mol. The summed E-state index contributed by atoms with van der Waals surface area (Å²) in [4.78, 5) is 2.41. The Morgan fingerprint density at radius 3 is 2.24 bits per heavy atom. The van der Waals surface area contributed by atoms with Gasteiger partial charge in [0.05, 0.1) is 0 Å². The molecule has 1 aromatic carbocycles. The molecule has 1 aromatic rings. The van der Waals surface area contributed by atoms with E-state index in [0.717, 1.165) is 36.6 Å². The number of aliphatic hydroxyl groups excluding tert-OH is 1. The maximum atomic E-state index is 10.4. The summed E-state index contributed by atoms with van der Waals surface area (Å²) < 4.78 is 5.94. The Kier molecular flexibility index (Phi) is 6.49. The summed E-state index contributed by atoms with van der Waals surface area (Å²) in [6.07, 6.45) is 12.1. The number of rotatable bonds is 6. The summed E-state index contributed by atoms with van der Waals surface area (Å²) in [6.45, 7) is 4.50. The monoisotopic (exact) mass is 419 g/mol. The number of β-amino-alcohol motifs (C(OH)–C–C–N with tert-alkyl or cyclic N) is 1. The first-order valence-electron chi connectivity index (χ1n) is 11.8. The summed E-state index contributed by atoms with van der Waals surface area (Å²) in [7, 11) is 0. The summed E-state index contributed by atoms with van der Waals surface area (Å²) in [6, 6.07) is 9.51. The molecule has 3 nitrogen and oxygen atoms in total. The van der Waals surface area contributed by atoms with Crippen molar-refractivity contribution >= 4 is 12.4 Å². The predicted octanol–water partition coefficient (Wildman–Crippen LogP) is 5.19. The van der Waals surface area contributed by atoms with Crippen LogP contribution in [0.1, 0.15) is 70.3 Å². The molecule has 4 aliphatic carbocycles. The van der Waals surface area contributed by atoms with Crippen molar-refractivity contribution in [1.29, 1.82) is 0 Å². The van der Waals surface area contributed by atoms with Gasteiger partial charge in [-0.2, -0.15) is 0 Å². The summed E-state index contributed by atoms with van der Waals surface area (Å²) in [5, 5.41) is 10.4. The van der Waals surface area contributed by atoms with E-state index in [-0.39, 0.29) is 12.4 Å². The van der Waals surface area contributed by atoms with Gasteiger partial charge in [-0.25, -0.2) is 0 Å². The van der Waals surface area contributed by atoms with Gasteiger partial charge >= 0.3 is 0 Å². The molecule has 4 bridgehead atoms. The minimum atomic E-state index is -0.414. The minimum absolute atomic E-state index is 0. The number of piperidine rings is 1. The molecule has 4 saturated carbocycles. The van der Waals surface area contributed by atoms with Gasteiger partial charge in [0.15, 0.2) is 0 Å². The van der Waals surface area contributed by atoms with Crippen molar-refractivity contribution in [2.24, 2.45) is 17.8 Å². The second-order valence-electron chi connectivity index (χ2n) is 10.5. The fourth-order valence-corrected chi connectivity index (χ4v) is 7.31. The van der Waals surface area contributed by atoms with E-state index in [1.165, 1.54) is 57.8 Å². The topological polar surface area (TPSA) is 32.7 Å². The highest BCUT2D eigenvalue weighted by Crippen LogP contribution is 2.60. The molecular weight excluding hydrogens is 382 g/mol. The molecule has 162 valence electrons. The van der Waals surface area contributed by atoms with E-state index in [0.29, 0.717) is 18.1 Å². The van der Waals surface area contributed by atoms with Gasteiger partial charge in [0.2, 0.25) is 0 Å². The van der Waals surface area contributed by atoms with Crippen LogP contribution in [0.4, 0.5) is 0 Å². The van der Waals surface area contributed by atoms with Crippen LogP contribution >= 0.6 is 12.4 Å². The van der Waals surface area contributed by atoms with Crippen molar-refractivity contribution < 1.29 is 9.84 Å². The largest absolute Gasteiger partial charge is 0.491 e. The number of likely N-dealkylation sites (tertiary alicyclic amines) is 1. The van der Waals surface area contributed by atoms with Crippen molar-refractivity contribution in [3.05, 3.63) is 29.8 Å². The molecule has 2 unspecified atom stereocenters. The van der Waals surface area contributed by atoms with Gasteiger partial charge < -0.3 is 9.84 Å². The number of ether oxygens (including phenoxy) is 1. The Labute approximate surface area is 182 Å². The van der Waals surface area contributed by atoms with E-state index in [2.05, 4.69) is 36.1 Å². The molecule has 4 heteroatoms. The van der Waals surface area contributed by atoms with Crippen LogP contribution in [0, 0.1) is 17.8 Å². The number of benzene rings is 1. The quantitative estimate of drug-likeness (QED) is 0.688. The Morgan fingerprint density at radius 2 is 1.66 bits per heavy atom. The Morgan fingerprint density at radius 1 is 1.03 bits per heavy atom. The lowest BCUT2D eigenvalue weighted by Crippen LogP contribution is -2.48. The molecular formula is C25H38ClNO2. The molecule has 1 aliphatic heterocycles. The highest BCUT2D eigenvalue weighted by molar-refractivity contribution is 5.85. The van der Waals surface area contributed by atoms with Crippen molar-refractivity contribution in [3.8, 4) is 5.75 Å². The lowest BCUT2D eigenvalue weighted by atomic mass is 9.48. The third-order valence-electron chi connectivity index (χ3n) is 8.33. The van der Waals surface area contributed by atoms with E-state index in [1.54, 1.807) is 5.56 Å². The molecule has 2 atom stereocenters. The molecule has 1 heterocycles. The van der Waals surface area contributed by atoms with E-state index in [4.69, 9.17) is 4.74 Å². The number of hydrogen-bond donors (Lipinski definition) is 1. The van der Waals surface area contributed by atoms with Gasteiger partial charge in [-0.15, -0.1) is 12.4 Å². The second-order valence-corrected chi connectivity index (χ2v) is 10.5. The number of halogens is 1. The maximum Gasteiger partial charge on any atom is 0.119 e. The summed E-state index contributed by atoms with van der Waals surface area (Å²) in [5.74, 6) is 3.85. The van der Waals surface area contributed by atoms with Crippen molar-refractivity contribution in [1.82, 2.24) is 4.90 Å². The average molecular weight is 420 g/mol. The van der Waals surface area contributed by atoms with E-state index < -0.39 is 6.10 Å². The van der Waals surface area contributed by atoms with Crippen LogP contribution in [-0.4, -0.2) is 41.8 Å². The molecule has 1 saturated heterocycles. The number of aliphatic hydroxyl groups is 1. The van der Waals surface area contributed by atoms with Crippen LogP contribution in [0.15, 0.2) is 24.3 Å². The summed E-state index contributed by atoms with van der Waals surface area (Å²) in [5.41, 5.74) is 2.00. The third-order valence-corrected chi connectivity index (χ3v) is 8.33. The van der Waals surface area contributed by atoms with Gasteiger partial charge in [0.1, 0.15) is 18.5 Å². The molecule has 1 N–H and O–H groups in total. The zero-order chi connectivity index (χ0) is 19.1. The van der Waals surface area contributed by atoms with Crippen molar-refractivity contribution in [2.75, 3.05) is 19.7 Å². The van der Waals surface area contributed by atoms with Crippen LogP contribution in [0.25, 0.3) is 0 Å². The van der Waals surface area contributed by atoms with E-state index >= 15 is 0 Å². The maximum absolute atomic E-state index is 10.4. The fraction of sp³-hybridized carbons (Fsp3) is 0.760. The lowest BCUT2D eigenvalue weighted by molar-refractivity contribution is -0.00522. The molecule has 29 heavy (non-hydrogen) atoms. The second kappa shape index (κ2) is 8.77. The van der Waals surface area contributed by atoms with Gasteiger partial charge in [-0.1, -0.05) is 18.6 Å². The molecule has 0 aromatic heterocycles. The molecule has 0 amide bonds. The van der Waals surface area contributed by atoms with Gasteiger partial charge in [0, 0.05) is 12.6 Å². The first-order valence-corrected chi connectivity index (χ1v) is 11.8. The molecule has 6 rings (SSSR count). The third kappa shape index (κ3) is 4.48. The van der Waals surface area contributed by atoms with Crippen molar-refractivity contribution in [3.63, 3.8) is 0 Å². The highest BCUT2D eigenvalue weighted by Gasteiger charge is 2.51. The van der Waals surface area contributed by atoms with Crippen LogP contribution in [-0.2, 0) is 5.41 Å². The first-order chi connectivity index (χ1) is 13.6. The number of hydrogen-bond acceptors (Lipinski definition) is 3. The molecule has 5 aliphatic rings. The zero-order valence-electron chi connectivity index (χ0n) is 17.9. The van der Waals surface area contributed by atoms with Crippen LogP contribution in [0.5, 0.6) is 5.75 Å². The molecule has 0 radical (unpaired) electrons. The van der Waals surface area contributed by atoms with Gasteiger partial charge in [0.25, 0.3) is 0 Å². The average Bonchev–Trinajstić information content (AvgIpc) is 2.67. The first kappa shape index (κ1) is 21.5. The normalized spacial score (nSPS) is 37.2. The minimum Gasteiger partial charge on any atom is -0.491 e. The van der Waals surface area contributed by atoms with Crippen LogP contribution < -0.4 is 4.74 Å². The highest BCUT2D eigenvalue weighted by atomic mass is 35.5. The zero-order valence-corrected chi connectivity index (χ0v) is 18.7. The van der Waals surface area contributed by atoms with Crippen LogP contribution in [0.2, 0.25) is 0 Å². The van der Waals surface area contributed by atoms with Crippen LogP contribution in [0.3, 0.4) is 0 Å². The molecule has 0 spiro atoms. The standard InChI is InChI=1S/C25H37NO2.ClH/c1-18-4-2-3-9-26(18)16-23(27)17-28-24-7-5-22(6-8-24)25-13-19-10-20(14-25)12-21(11-19)15-25;/h5-8,18-21,23,27H,2-4,9-17H2,1H3;1H. The Bertz CT molecular complexity index is 641. The Balaban J connectivity index is 0.00000205. The van der Waals surface area contributed by atoms with Crippen molar-refractivity contribution in [2.45, 2.75) is 82.3 Å². The SMILES string of the molecule is CC1CCCCN1CC(O)COc1ccc(C23CC4CC(CC(C4)C2)C3)cc1.Cl. The van der Waals surface area contributed by atoms with Gasteiger partial charge in [-0.05, 0) is 106 Å². The van der Waals surface area contributed by atoms with E-state index in [9.17, 15) is 5.11 Å². The van der Waals surface area contributed by atoms with Gasteiger partial charge in [-0.3, -0.25) is 4.90 Å². The Hall–Kier alpha value is -0.770. The fourth-order valence-electron chi connectivity index (χ4n) is 7.31. The molecule has 5 fully saturated rings.